The number of hydrogen-bond acceptors (Lipinski definition) is 5. The monoisotopic (exact) mass is 220 g/mol. The number of rotatable bonds is 2. The molecule has 2 heterocycles. The highest BCUT2D eigenvalue weighted by atomic mass is 16.1. The first-order chi connectivity index (χ1) is 7.66. The molecule has 1 aliphatic heterocycles. The van der Waals surface area contributed by atoms with E-state index in [0.717, 1.165) is 6.54 Å². The smallest absolute Gasteiger partial charge is 0.271 e. The summed E-state index contributed by atoms with van der Waals surface area (Å²) in [6.45, 7) is 2.89. The van der Waals surface area contributed by atoms with Crippen molar-refractivity contribution in [3.8, 4) is 0 Å². The number of guanidine groups is 1. The number of pyridine rings is 1. The normalized spacial score (nSPS) is 14.2. The van der Waals surface area contributed by atoms with Crippen LogP contribution < -0.4 is 16.2 Å². The summed E-state index contributed by atoms with van der Waals surface area (Å²) in [5.41, 5.74) is 0.503. The third kappa shape index (κ3) is 2.10. The van der Waals surface area contributed by atoms with Crippen LogP contribution in [-0.2, 0) is 0 Å². The molecular formula is C10H12N4O2. The maximum atomic E-state index is 11.5. The number of nitrogens with one attached hydrogen (secondary N) is 3. The zero-order valence-electron chi connectivity index (χ0n) is 8.83. The summed E-state index contributed by atoms with van der Waals surface area (Å²) < 4.78 is 0. The Balaban J connectivity index is 2.28. The Bertz CT molecular complexity index is 504. The van der Waals surface area contributed by atoms with E-state index in [4.69, 9.17) is 0 Å². The number of H-pyrrole nitrogens is 1. The maximum absolute atomic E-state index is 11.5. The minimum Gasteiger partial charge on any atom is -0.354 e. The summed E-state index contributed by atoms with van der Waals surface area (Å²) in [7, 11) is 0. The molecule has 0 fully saturated rings. The fourth-order valence-corrected chi connectivity index (χ4v) is 1.39. The lowest BCUT2D eigenvalue weighted by Gasteiger charge is -2.06. The zero-order valence-corrected chi connectivity index (χ0v) is 8.83. The summed E-state index contributed by atoms with van der Waals surface area (Å²) in [4.78, 5) is 29.2. The quantitative estimate of drug-likeness (QED) is 0.610. The lowest BCUT2D eigenvalue weighted by atomic mass is 10.2. The Hall–Kier alpha value is -2.11. The highest BCUT2D eigenvalue weighted by Crippen LogP contribution is 2.04. The Labute approximate surface area is 91.8 Å². The van der Waals surface area contributed by atoms with Crippen molar-refractivity contribution >= 4 is 17.4 Å². The van der Waals surface area contributed by atoms with Gasteiger partial charge in [0.2, 0.25) is 0 Å². The Morgan fingerprint density at radius 3 is 3.00 bits per heavy atom. The highest BCUT2D eigenvalue weighted by molar-refractivity contribution is 5.97. The Kier molecular flexibility index (Phi) is 2.72. The molecule has 0 unspecified atom stereocenters. The van der Waals surface area contributed by atoms with Crippen LogP contribution in [0.5, 0.6) is 0 Å². The van der Waals surface area contributed by atoms with E-state index in [1.165, 1.54) is 19.2 Å². The lowest BCUT2D eigenvalue weighted by Crippen LogP contribution is -2.29. The van der Waals surface area contributed by atoms with Crippen LogP contribution in [0.4, 0.5) is 5.69 Å². The summed E-state index contributed by atoms with van der Waals surface area (Å²) in [5.74, 6) is 0.465. The predicted molar refractivity (Wildman–Crippen MR) is 61.0 cm³/mol. The minimum absolute atomic E-state index is 0.0966. The second-order valence-electron chi connectivity index (χ2n) is 3.47. The maximum Gasteiger partial charge on any atom is 0.271 e. The molecule has 6 heteroatoms. The number of carbonyl (C=O) groups excluding carboxylic acids is 1. The summed E-state index contributed by atoms with van der Waals surface area (Å²) >= 11 is 0. The van der Waals surface area contributed by atoms with Crippen molar-refractivity contribution in [1.29, 1.82) is 0 Å². The van der Waals surface area contributed by atoms with Crippen molar-refractivity contribution in [2.75, 3.05) is 18.4 Å². The van der Waals surface area contributed by atoms with Crippen molar-refractivity contribution in [3.05, 3.63) is 28.2 Å². The van der Waals surface area contributed by atoms with E-state index < -0.39 is 0 Å². The van der Waals surface area contributed by atoms with E-state index in [-0.39, 0.29) is 11.3 Å². The molecule has 0 spiro atoms. The van der Waals surface area contributed by atoms with E-state index in [1.807, 2.05) is 0 Å². The molecule has 1 aliphatic rings. The van der Waals surface area contributed by atoms with Gasteiger partial charge in [0.1, 0.15) is 5.69 Å². The third-order valence-electron chi connectivity index (χ3n) is 2.24. The van der Waals surface area contributed by atoms with E-state index in [2.05, 4.69) is 20.6 Å². The minimum atomic E-state index is -0.276. The summed E-state index contributed by atoms with van der Waals surface area (Å²) in [6, 6.07) is 1.52. The second-order valence-corrected chi connectivity index (χ2v) is 3.47. The number of hydrogen-bond donors (Lipinski definition) is 3. The van der Waals surface area contributed by atoms with Gasteiger partial charge in [0, 0.05) is 18.3 Å². The van der Waals surface area contributed by atoms with Gasteiger partial charge in [-0.05, 0) is 13.0 Å². The van der Waals surface area contributed by atoms with Crippen LogP contribution in [0.15, 0.2) is 22.1 Å². The van der Waals surface area contributed by atoms with Crippen LogP contribution >= 0.6 is 0 Å². The van der Waals surface area contributed by atoms with Crippen LogP contribution in [0, 0.1) is 0 Å². The van der Waals surface area contributed by atoms with Crippen LogP contribution in [0.1, 0.15) is 17.3 Å². The average Bonchev–Trinajstić information content (AvgIpc) is 2.73. The molecule has 0 radical (unpaired) electrons. The zero-order chi connectivity index (χ0) is 11.5. The van der Waals surface area contributed by atoms with Gasteiger partial charge in [0.15, 0.2) is 11.7 Å². The van der Waals surface area contributed by atoms with Crippen molar-refractivity contribution in [2.45, 2.75) is 6.92 Å². The number of aromatic amines is 1. The van der Waals surface area contributed by atoms with E-state index >= 15 is 0 Å². The fraction of sp³-hybridized carbons (Fsp3) is 0.300. The standard InChI is InChI=1S/C10H12N4O2/c1-6(15)7-4-8(9(16)13-5-7)14-10-11-2-3-12-10/h4-5H,2-3H2,1H3,(H,13,16)(H2,11,12,14). The summed E-state index contributed by atoms with van der Waals surface area (Å²) in [6.07, 6.45) is 1.40. The van der Waals surface area contributed by atoms with Gasteiger partial charge >= 0.3 is 0 Å². The van der Waals surface area contributed by atoms with Gasteiger partial charge in [-0.2, -0.15) is 0 Å². The molecule has 2 rings (SSSR count). The van der Waals surface area contributed by atoms with Crippen LogP contribution in [0.25, 0.3) is 0 Å². The van der Waals surface area contributed by atoms with Gasteiger partial charge in [-0.15, -0.1) is 0 Å². The van der Waals surface area contributed by atoms with E-state index in [9.17, 15) is 9.59 Å². The molecule has 16 heavy (non-hydrogen) atoms. The van der Waals surface area contributed by atoms with E-state index in [0.29, 0.717) is 23.8 Å². The lowest BCUT2D eigenvalue weighted by molar-refractivity contribution is 0.101. The SMILES string of the molecule is CC(=O)c1c[nH]c(=O)c(NC2=NCCN2)c1. The number of anilines is 1. The van der Waals surface area contributed by atoms with Gasteiger partial charge in [-0.3, -0.25) is 14.6 Å². The topological polar surface area (TPSA) is 86.3 Å². The fourth-order valence-electron chi connectivity index (χ4n) is 1.39. The van der Waals surface area contributed by atoms with Crippen LogP contribution in [0.2, 0.25) is 0 Å². The van der Waals surface area contributed by atoms with Gasteiger partial charge in [-0.1, -0.05) is 0 Å². The van der Waals surface area contributed by atoms with Gasteiger partial charge in [-0.25, -0.2) is 0 Å². The first kappa shape index (κ1) is 10.4. The van der Waals surface area contributed by atoms with E-state index in [1.54, 1.807) is 0 Å². The molecule has 0 aromatic carbocycles. The Morgan fingerprint density at radius 2 is 2.38 bits per heavy atom. The van der Waals surface area contributed by atoms with Gasteiger partial charge in [0.25, 0.3) is 5.56 Å². The predicted octanol–water partition coefficient (Wildman–Crippen LogP) is -0.0514. The summed E-state index contributed by atoms with van der Waals surface area (Å²) in [5, 5.41) is 5.83. The molecule has 1 aromatic rings. The molecule has 3 N–H and O–H groups in total. The second kappa shape index (κ2) is 4.18. The molecule has 0 saturated carbocycles. The molecule has 0 atom stereocenters. The number of nitrogens with zero attached hydrogens (tertiary/aromatic N) is 1. The van der Waals surface area contributed by atoms with Crippen LogP contribution in [-0.4, -0.2) is 29.8 Å². The molecule has 0 amide bonds. The molecule has 0 saturated heterocycles. The van der Waals surface area contributed by atoms with Crippen molar-refractivity contribution < 1.29 is 4.79 Å². The number of carbonyl (C=O) groups is 1. The molecule has 84 valence electrons. The number of aromatic nitrogens is 1. The Morgan fingerprint density at radius 1 is 1.56 bits per heavy atom. The molecule has 1 aromatic heterocycles. The van der Waals surface area contributed by atoms with Gasteiger partial charge < -0.3 is 15.6 Å². The van der Waals surface area contributed by atoms with Crippen molar-refractivity contribution in [1.82, 2.24) is 10.3 Å². The van der Waals surface area contributed by atoms with Crippen molar-refractivity contribution in [3.63, 3.8) is 0 Å². The third-order valence-corrected chi connectivity index (χ3v) is 2.24. The number of Topliss-reactive ketones (excluding diaryl/α,β-unsaturated/α-hetero) is 1. The first-order valence-electron chi connectivity index (χ1n) is 4.96. The molecule has 6 nitrogen and oxygen atoms in total. The van der Waals surface area contributed by atoms with Gasteiger partial charge in [0.05, 0.1) is 6.54 Å². The molecular weight excluding hydrogens is 208 g/mol. The highest BCUT2D eigenvalue weighted by Gasteiger charge is 2.09. The van der Waals surface area contributed by atoms with Crippen molar-refractivity contribution in [2.24, 2.45) is 4.99 Å². The average molecular weight is 220 g/mol. The number of aliphatic imine (C=N–C) groups is 1. The molecule has 0 bridgehead atoms. The number of ketones is 1. The molecule has 0 aliphatic carbocycles. The first-order valence-corrected chi connectivity index (χ1v) is 4.96. The largest absolute Gasteiger partial charge is 0.354 e. The van der Waals surface area contributed by atoms with Crippen LogP contribution in [0.3, 0.4) is 0 Å².